The van der Waals surface area contributed by atoms with Gasteiger partial charge in [0.1, 0.15) is 0 Å². The molecule has 1 atom stereocenters. The summed E-state index contributed by atoms with van der Waals surface area (Å²) in [4.78, 5) is 0.170. The molecule has 2 fully saturated rings. The van der Waals surface area contributed by atoms with Gasteiger partial charge in [-0.1, -0.05) is 70.6 Å². The van der Waals surface area contributed by atoms with Crippen LogP contribution < -0.4 is 10.1 Å². The minimum absolute atomic E-state index is 0.170. The van der Waals surface area contributed by atoms with E-state index in [1.165, 1.54) is 102 Å². The molecule has 0 spiro atoms. The third-order valence-corrected chi connectivity index (χ3v) is 8.85. The first-order valence-electron chi connectivity index (χ1n) is 13.0. The van der Waals surface area contributed by atoms with Crippen molar-refractivity contribution in [3.8, 4) is 0 Å². The molecule has 0 bridgehead atoms. The van der Waals surface area contributed by atoms with Crippen molar-refractivity contribution < 1.29 is 8.42 Å². The van der Waals surface area contributed by atoms with Gasteiger partial charge in [-0.3, -0.25) is 5.01 Å². The Morgan fingerprint density at radius 3 is 1.78 bits per heavy atom. The third-order valence-electron chi connectivity index (χ3n) is 7.92. The molecule has 2 aliphatic carbocycles. The van der Waals surface area contributed by atoms with Gasteiger partial charge in [-0.05, 0) is 61.8 Å². The van der Waals surface area contributed by atoms with Crippen LogP contribution in [-0.2, 0) is 10.0 Å². The summed E-state index contributed by atoms with van der Waals surface area (Å²) < 4.78 is 23.5. The van der Waals surface area contributed by atoms with E-state index in [-0.39, 0.29) is 4.90 Å². The molecule has 0 radical (unpaired) electrons. The number of nitrogens with two attached hydrogens (primary N) is 1. The van der Waals surface area contributed by atoms with E-state index in [0.29, 0.717) is 17.9 Å². The maximum absolute atomic E-state index is 11.7. The smallest absolute Gasteiger partial charge is 0.238 e. The maximum atomic E-state index is 11.7. The average molecular weight is 460 g/mol. The van der Waals surface area contributed by atoms with Crippen LogP contribution in [-0.4, -0.2) is 20.2 Å². The summed E-state index contributed by atoms with van der Waals surface area (Å²) >= 11 is 0. The zero-order valence-corrected chi connectivity index (χ0v) is 20.4. The van der Waals surface area contributed by atoms with Crippen molar-refractivity contribution in [2.75, 3.05) is 5.01 Å². The second-order valence-corrected chi connectivity index (χ2v) is 11.8. The van der Waals surface area contributed by atoms with Gasteiger partial charge in [-0.25, -0.2) is 13.6 Å². The number of benzene rings is 1. The number of hydrazone groups is 1. The number of hydrogen-bond acceptors (Lipinski definition) is 4. The Labute approximate surface area is 194 Å². The summed E-state index contributed by atoms with van der Waals surface area (Å²) in [5.41, 5.74) is 2.40. The van der Waals surface area contributed by atoms with Crippen molar-refractivity contribution in [1.82, 2.24) is 0 Å². The Kier molecular flexibility index (Phi) is 8.27. The van der Waals surface area contributed by atoms with Crippen LogP contribution in [0.4, 0.5) is 5.69 Å². The van der Waals surface area contributed by atoms with Gasteiger partial charge >= 0.3 is 0 Å². The van der Waals surface area contributed by atoms with Crippen LogP contribution in [0.25, 0.3) is 0 Å². The van der Waals surface area contributed by atoms with E-state index in [1.54, 1.807) is 12.1 Å². The topological polar surface area (TPSA) is 75.8 Å². The number of anilines is 1. The van der Waals surface area contributed by atoms with Crippen LogP contribution in [0.3, 0.4) is 0 Å². The lowest BCUT2D eigenvalue weighted by atomic mass is 9.81. The molecule has 1 aromatic carbocycles. The Morgan fingerprint density at radius 1 is 0.750 bits per heavy atom. The lowest BCUT2D eigenvalue weighted by Gasteiger charge is -2.32. The molecule has 1 aromatic rings. The van der Waals surface area contributed by atoms with Crippen LogP contribution in [0.2, 0.25) is 0 Å². The normalized spacial score (nSPS) is 25.3. The van der Waals surface area contributed by atoms with Gasteiger partial charge in [0, 0.05) is 12.1 Å². The fourth-order valence-corrected chi connectivity index (χ4v) is 6.56. The lowest BCUT2D eigenvalue weighted by Crippen LogP contribution is -2.34. The molecule has 178 valence electrons. The number of nitrogens with zero attached hydrogens (tertiary/aromatic N) is 2. The molecule has 0 saturated heterocycles. The van der Waals surface area contributed by atoms with Crippen LogP contribution >= 0.6 is 0 Å². The Hall–Kier alpha value is -1.40. The SMILES string of the molecule is NS(=O)(=O)c1ccc(N2N=C(C3CCCCCCCC3)CC2C2CCCCCCC2)cc1. The second-order valence-electron chi connectivity index (χ2n) is 10.2. The molecule has 32 heavy (non-hydrogen) atoms. The summed E-state index contributed by atoms with van der Waals surface area (Å²) in [6.45, 7) is 0. The third kappa shape index (κ3) is 6.13. The summed E-state index contributed by atoms with van der Waals surface area (Å²) in [6, 6.07) is 7.45. The van der Waals surface area contributed by atoms with Gasteiger partial charge < -0.3 is 0 Å². The highest BCUT2D eigenvalue weighted by Gasteiger charge is 2.36. The van der Waals surface area contributed by atoms with Gasteiger partial charge in [0.15, 0.2) is 0 Å². The molecule has 1 unspecified atom stereocenters. The lowest BCUT2D eigenvalue weighted by molar-refractivity contribution is 0.323. The van der Waals surface area contributed by atoms with E-state index in [2.05, 4.69) is 5.01 Å². The Morgan fingerprint density at radius 2 is 1.25 bits per heavy atom. The summed E-state index contributed by atoms with van der Waals surface area (Å²) in [5, 5.41) is 12.8. The molecular formula is C26H41N3O2S. The number of hydrogen-bond donors (Lipinski definition) is 1. The van der Waals surface area contributed by atoms with Crippen molar-refractivity contribution in [3.63, 3.8) is 0 Å². The predicted octanol–water partition coefficient (Wildman–Crippen LogP) is 6.38. The number of primary sulfonamides is 1. The van der Waals surface area contributed by atoms with Crippen LogP contribution in [0.5, 0.6) is 0 Å². The summed E-state index contributed by atoms with van der Waals surface area (Å²) in [7, 11) is -3.68. The largest absolute Gasteiger partial charge is 0.262 e. The second kappa shape index (κ2) is 11.1. The minimum atomic E-state index is -3.68. The van der Waals surface area contributed by atoms with Crippen molar-refractivity contribution in [2.24, 2.45) is 22.1 Å². The maximum Gasteiger partial charge on any atom is 0.238 e. The average Bonchev–Trinajstić information content (AvgIpc) is 3.22. The summed E-state index contributed by atoms with van der Waals surface area (Å²) in [5.74, 6) is 1.27. The van der Waals surface area contributed by atoms with Crippen molar-refractivity contribution >= 4 is 21.4 Å². The predicted molar refractivity (Wildman–Crippen MR) is 132 cm³/mol. The van der Waals surface area contributed by atoms with E-state index >= 15 is 0 Å². The zero-order chi connectivity index (χ0) is 22.4. The fraction of sp³-hybridized carbons (Fsp3) is 0.731. The fourth-order valence-electron chi connectivity index (χ4n) is 6.05. The minimum Gasteiger partial charge on any atom is -0.262 e. The Balaban J connectivity index is 1.59. The standard InChI is InChI=1S/C26H41N3O2S/c27-32(30,31)24-18-16-23(17-19-24)29-26(22-14-10-6-3-7-11-15-22)20-25(28-29)21-12-8-4-1-2-5-9-13-21/h16-19,21-22,26H,1-15,20H2,(H2,27,30,31). The highest BCUT2D eigenvalue weighted by atomic mass is 32.2. The highest BCUT2D eigenvalue weighted by Crippen LogP contribution is 2.38. The Bertz CT molecular complexity index is 848. The van der Waals surface area contributed by atoms with Crippen molar-refractivity contribution in [2.45, 2.75) is 114 Å². The van der Waals surface area contributed by atoms with Gasteiger partial charge in [-0.15, -0.1) is 0 Å². The quantitative estimate of drug-likeness (QED) is 0.567. The zero-order valence-electron chi connectivity index (χ0n) is 19.6. The first-order chi connectivity index (χ1) is 15.5. The molecule has 3 aliphatic rings. The van der Waals surface area contributed by atoms with E-state index < -0.39 is 10.0 Å². The first-order valence-corrected chi connectivity index (χ1v) is 14.6. The van der Waals surface area contributed by atoms with Crippen LogP contribution in [0, 0.1) is 11.8 Å². The van der Waals surface area contributed by atoms with E-state index in [9.17, 15) is 8.42 Å². The van der Waals surface area contributed by atoms with E-state index in [4.69, 9.17) is 10.2 Å². The molecule has 1 heterocycles. The van der Waals surface area contributed by atoms with Gasteiger partial charge in [0.2, 0.25) is 10.0 Å². The highest BCUT2D eigenvalue weighted by molar-refractivity contribution is 7.89. The number of sulfonamides is 1. The molecule has 0 aromatic heterocycles. The van der Waals surface area contributed by atoms with Crippen molar-refractivity contribution in [3.05, 3.63) is 24.3 Å². The monoisotopic (exact) mass is 459 g/mol. The molecule has 2 saturated carbocycles. The molecule has 4 rings (SSSR count). The first kappa shape index (κ1) is 23.7. The molecular weight excluding hydrogens is 418 g/mol. The van der Waals surface area contributed by atoms with E-state index in [0.717, 1.165) is 12.1 Å². The van der Waals surface area contributed by atoms with Gasteiger partial charge in [0.25, 0.3) is 0 Å². The van der Waals surface area contributed by atoms with Gasteiger partial charge in [-0.2, -0.15) is 5.10 Å². The summed E-state index contributed by atoms with van der Waals surface area (Å²) in [6.07, 6.45) is 21.0. The van der Waals surface area contributed by atoms with Gasteiger partial charge in [0.05, 0.1) is 16.6 Å². The molecule has 6 heteroatoms. The van der Waals surface area contributed by atoms with Crippen molar-refractivity contribution in [1.29, 1.82) is 0 Å². The molecule has 0 amide bonds. The molecule has 1 aliphatic heterocycles. The van der Waals surface area contributed by atoms with E-state index in [1.807, 2.05) is 12.1 Å². The number of rotatable bonds is 4. The van der Waals surface area contributed by atoms with Crippen LogP contribution in [0.15, 0.2) is 34.3 Å². The molecule has 2 N–H and O–H groups in total. The molecule has 5 nitrogen and oxygen atoms in total. The van der Waals surface area contributed by atoms with Crippen LogP contribution in [0.1, 0.15) is 103 Å².